The summed E-state index contributed by atoms with van der Waals surface area (Å²) in [5, 5.41) is 3.20. The van der Waals surface area contributed by atoms with Gasteiger partial charge in [0.2, 0.25) is 11.8 Å². The molecule has 1 unspecified atom stereocenters. The number of sulfonamides is 1. The summed E-state index contributed by atoms with van der Waals surface area (Å²) in [5.41, 5.74) is 5.21. The fourth-order valence-corrected chi connectivity index (χ4v) is 7.09. The third-order valence-corrected chi connectivity index (χ3v) is 10.4. The molecule has 1 atom stereocenters. The van der Waals surface area contributed by atoms with Gasteiger partial charge in [0.15, 0.2) is 0 Å². The lowest BCUT2D eigenvalue weighted by Crippen LogP contribution is -2.54. The Labute approximate surface area is 257 Å². The second-order valence-electron chi connectivity index (χ2n) is 11.8. The molecule has 0 aliphatic heterocycles. The van der Waals surface area contributed by atoms with E-state index in [2.05, 4.69) is 5.32 Å². The van der Waals surface area contributed by atoms with E-state index in [1.165, 1.54) is 10.7 Å². The number of benzene rings is 3. The van der Waals surface area contributed by atoms with Crippen LogP contribution in [0.15, 0.2) is 71.6 Å². The van der Waals surface area contributed by atoms with Crippen LogP contribution in [0.5, 0.6) is 0 Å². The van der Waals surface area contributed by atoms with E-state index in [4.69, 9.17) is 0 Å². The van der Waals surface area contributed by atoms with Crippen LogP contribution in [0.4, 0.5) is 5.69 Å². The van der Waals surface area contributed by atoms with Crippen molar-refractivity contribution in [3.63, 3.8) is 0 Å². The van der Waals surface area contributed by atoms with Gasteiger partial charge in [-0.2, -0.15) is 0 Å². The molecule has 1 saturated carbocycles. The number of nitrogens with zero attached hydrogens (tertiary/aromatic N) is 2. The molecule has 3 aromatic carbocycles. The highest BCUT2D eigenvalue weighted by molar-refractivity contribution is 7.92. The summed E-state index contributed by atoms with van der Waals surface area (Å²) in [6.45, 7) is 9.42. The van der Waals surface area contributed by atoms with Gasteiger partial charge in [0.1, 0.15) is 12.6 Å². The van der Waals surface area contributed by atoms with E-state index >= 15 is 0 Å². The maximum atomic E-state index is 14.4. The summed E-state index contributed by atoms with van der Waals surface area (Å²) >= 11 is 0. The van der Waals surface area contributed by atoms with Crippen LogP contribution in [0, 0.1) is 27.7 Å². The summed E-state index contributed by atoms with van der Waals surface area (Å²) in [6.07, 6.45) is 5.60. The van der Waals surface area contributed by atoms with Crippen LogP contribution in [0.25, 0.3) is 0 Å². The van der Waals surface area contributed by atoms with Crippen LogP contribution in [-0.4, -0.2) is 43.8 Å². The molecule has 0 radical (unpaired) electrons. The second-order valence-corrected chi connectivity index (χ2v) is 13.7. The van der Waals surface area contributed by atoms with Crippen molar-refractivity contribution in [3.05, 3.63) is 94.5 Å². The summed E-state index contributed by atoms with van der Waals surface area (Å²) in [7, 11) is -4.10. The number of hydrogen-bond donors (Lipinski definition) is 1. The molecule has 4 rings (SSSR count). The average Bonchev–Trinajstić information content (AvgIpc) is 2.98. The number of carbonyl (C=O) groups excluding carboxylic acids is 2. The topological polar surface area (TPSA) is 86.8 Å². The van der Waals surface area contributed by atoms with Crippen LogP contribution < -0.4 is 9.62 Å². The minimum atomic E-state index is -4.10. The van der Waals surface area contributed by atoms with E-state index in [9.17, 15) is 18.0 Å². The molecule has 3 aromatic rings. The zero-order chi connectivity index (χ0) is 31.1. The van der Waals surface area contributed by atoms with Gasteiger partial charge in [0.05, 0.1) is 10.6 Å². The van der Waals surface area contributed by atoms with E-state index in [1.807, 2.05) is 65.0 Å². The second kappa shape index (κ2) is 14.2. The highest BCUT2D eigenvalue weighted by atomic mass is 32.2. The maximum Gasteiger partial charge on any atom is 0.264 e. The molecule has 1 aliphatic carbocycles. The molecular weight excluding hydrogens is 558 g/mol. The van der Waals surface area contributed by atoms with Gasteiger partial charge in [-0.3, -0.25) is 13.9 Å². The molecule has 43 heavy (non-hydrogen) atoms. The SMILES string of the molecule is CCC(C(=O)NC1CCCCC1)N(Cc1ccccc1C)C(=O)CN(c1ccc(C)c(C)c1)S(=O)(=O)c1ccc(C)cc1. The molecule has 2 amide bonds. The van der Waals surface area contributed by atoms with Crippen LogP contribution in [0.3, 0.4) is 0 Å². The summed E-state index contributed by atoms with van der Waals surface area (Å²) in [4.78, 5) is 29.8. The minimum Gasteiger partial charge on any atom is -0.352 e. The molecule has 0 spiro atoms. The number of aryl methyl sites for hydroxylation is 4. The Kier molecular flexibility index (Phi) is 10.7. The summed E-state index contributed by atoms with van der Waals surface area (Å²) < 4.78 is 29.4. The molecule has 0 saturated heterocycles. The molecule has 1 fully saturated rings. The largest absolute Gasteiger partial charge is 0.352 e. The first kappa shape index (κ1) is 32.3. The van der Waals surface area contributed by atoms with Crippen molar-refractivity contribution in [1.29, 1.82) is 0 Å². The zero-order valence-electron chi connectivity index (χ0n) is 26.1. The number of anilines is 1. The number of carbonyl (C=O) groups is 2. The van der Waals surface area contributed by atoms with Crippen molar-refractivity contribution in [2.24, 2.45) is 0 Å². The molecular formula is C35H45N3O4S. The normalized spacial score (nSPS) is 14.6. The Morgan fingerprint density at radius 3 is 2.16 bits per heavy atom. The van der Waals surface area contributed by atoms with Crippen molar-refractivity contribution in [2.75, 3.05) is 10.8 Å². The van der Waals surface area contributed by atoms with Crippen molar-refractivity contribution >= 4 is 27.5 Å². The molecule has 1 N–H and O–H groups in total. The monoisotopic (exact) mass is 603 g/mol. The summed E-state index contributed by atoms with van der Waals surface area (Å²) in [6, 6.07) is 19.2. The van der Waals surface area contributed by atoms with Gasteiger partial charge in [-0.05, 0) is 93.5 Å². The van der Waals surface area contributed by atoms with Gasteiger partial charge in [-0.15, -0.1) is 0 Å². The lowest BCUT2D eigenvalue weighted by atomic mass is 9.95. The van der Waals surface area contributed by atoms with Crippen LogP contribution in [0.1, 0.15) is 73.3 Å². The van der Waals surface area contributed by atoms with E-state index in [-0.39, 0.29) is 23.4 Å². The number of rotatable bonds is 11. The van der Waals surface area contributed by atoms with Gasteiger partial charge >= 0.3 is 0 Å². The number of amides is 2. The lowest BCUT2D eigenvalue weighted by molar-refractivity contribution is -0.140. The van der Waals surface area contributed by atoms with E-state index in [0.717, 1.165) is 53.5 Å². The molecule has 0 aromatic heterocycles. The molecule has 230 valence electrons. The predicted octanol–water partition coefficient (Wildman–Crippen LogP) is 6.37. The van der Waals surface area contributed by atoms with Gasteiger partial charge in [-0.25, -0.2) is 8.42 Å². The van der Waals surface area contributed by atoms with E-state index in [1.54, 1.807) is 41.3 Å². The molecule has 1 aliphatic rings. The highest BCUT2D eigenvalue weighted by Gasteiger charge is 2.34. The highest BCUT2D eigenvalue weighted by Crippen LogP contribution is 2.27. The average molecular weight is 604 g/mol. The van der Waals surface area contributed by atoms with Crippen molar-refractivity contribution in [2.45, 2.75) is 96.7 Å². The predicted molar refractivity (Wildman–Crippen MR) is 172 cm³/mol. The smallest absolute Gasteiger partial charge is 0.264 e. The van der Waals surface area contributed by atoms with E-state index in [0.29, 0.717) is 12.1 Å². The Morgan fingerprint density at radius 1 is 0.860 bits per heavy atom. The first-order valence-corrected chi connectivity index (χ1v) is 16.8. The molecule has 0 heterocycles. The van der Waals surface area contributed by atoms with E-state index < -0.39 is 28.5 Å². The Hall–Kier alpha value is -3.65. The van der Waals surface area contributed by atoms with Crippen LogP contribution in [0.2, 0.25) is 0 Å². The van der Waals surface area contributed by atoms with Gasteiger partial charge < -0.3 is 10.2 Å². The fraction of sp³-hybridized carbons (Fsp3) is 0.429. The Bertz CT molecular complexity index is 1530. The van der Waals surface area contributed by atoms with Crippen LogP contribution >= 0.6 is 0 Å². The summed E-state index contributed by atoms with van der Waals surface area (Å²) in [5.74, 6) is -0.613. The first-order chi connectivity index (χ1) is 20.5. The third-order valence-electron chi connectivity index (χ3n) is 8.61. The third kappa shape index (κ3) is 7.85. The van der Waals surface area contributed by atoms with Gasteiger partial charge in [-0.1, -0.05) is 74.2 Å². The molecule has 7 nitrogen and oxygen atoms in total. The van der Waals surface area contributed by atoms with Crippen molar-refractivity contribution < 1.29 is 18.0 Å². The van der Waals surface area contributed by atoms with Crippen molar-refractivity contribution in [1.82, 2.24) is 10.2 Å². The first-order valence-electron chi connectivity index (χ1n) is 15.3. The number of nitrogens with one attached hydrogen (secondary N) is 1. The van der Waals surface area contributed by atoms with Crippen molar-refractivity contribution in [3.8, 4) is 0 Å². The fourth-order valence-electron chi connectivity index (χ4n) is 5.68. The Balaban J connectivity index is 1.73. The Morgan fingerprint density at radius 2 is 1.53 bits per heavy atom. The molecule has 8 heteroatoms. The van der Waals surface area contributed by atoms with Crippen LogP contribution in [-0.2, 0) is 26.2 Å². The van der Waals surface area contributed by atoms with Gasteiger partial charge in [0, 0.05) is 12.6 Å². The maximum absolute atomic E-state index is 14.4. The quantitative estimate of drug-likeness (QED) is 0.276. The minimum absolute atomic E-state index is 0.0969. The van der Waals surface area contributed by atoms with Gasteiger partial charge in [0.25, 0.3) is 10.0 Å². The lowest BCUT2D eigenvalue weighted by Gasteiger charge is -2.35. The zero-order valence-corrected chi connectivity index (χ0v) is 26.9. The number of hydrogen-bond acceptors (Lipinski definition) is 4. The standard InChI is InChI=1S/C35H45N3O4S/c1-6-33(35(40)36-30-14-8-7-9-15-30)37(23-29-13-11-10-12-27(29)4)34(39)24-38(31-19-18-26(3)28(5)22-31)43(41,42)32-20-16-25(2)17-21-32/h10-13,16-22,30,33H,6-9,14-15,23-24H2,1-5H3,(H,36,40). The molecule has 0 bridgehead atoms.